The van der Waals surface area contributed by atoms with Gasteiger partial charge in [0, 0.05) is 30.8 Å². The van der Waals surface area contributed by atoms with Crippen molar-refractivity contribution in [2.24, 2.45) is 0 Å². The molecule has 0 unspecified atom stereocenters. The zero-order valence-electron chi connectivity index (χ0n) is 17.1. The molecule has 2 heterocycles. The van der Waals surface area contributed by atoms with Crippen molar-refractivity contribution in [1.82, 2.24) is 15.1 Å². The number of H-pyrrole nitrogens is 1. The van der Waals surface area contributed by atoms with E-state index in [0.717, 1.165) is 17.8 Å². The van der Waals surface area contributed by atoms with Crippen LogP contribution >= 0.6 is 0 Å². The maximum Gasteiger partial charge on any atom is 0.276 e. The molecule has 3 aromatic rings. The van der Waals surface area contributed by atoms with Crippen LogP contribution in [0.5, 0.6) is 0 Å². The number of rotatable bonds is 5. The average Bonchev–Trinajstić information content (AvgIpc) is 3.28. The first kappa shape index (κ1) is 21.6. The molecule has 1 aliphatic heterocycles. The molecule has 2 aromatic carbocycles. The first-order valence-corrected chi connectivity index (χ1v) is 10.2. The molecule has 0 saturated carbocycles. The third kappa shape index (κ3) is 4.82. The standard InChI is InChI=1S/C23H21F3N4O2/c24-16-6-5-15(18(26)12-16)11-22(31)30-9-7-14(8-10-30)20-13-21(29-28-20)23(32)27-19-4-2-1-3-17(19)25/h1-6,12-14H,7-11H2,(H,27,32)(H,28,29). The highest BCUT2D eigenvalue weighted by atomic mass is 19.1. The lowest BCUT2D eigenvalue weighted by Gasteiger charge is -2.31. The van der Waals surface area contributed by atoms with Gasteiger partial charge in [0.15, 0.2) is 5.69 Å². The Morgan fingerprint density at radius 1 is 1.03 bits per heavy atom. The van der Waals surface area contributed by atoms with Crippen molar-refractivity contribution in [3.8, 4) is 0 Å². The van der Waals surface area contributed by atoms with Crippen LogP contribution in [0.3, 0.4) is 0 Å². The smallest absolute Gasteiger partial charge is 0.276 e. The Labute approximate surface area is 182 Å². The van der Waals surface area contributed by atoms with Crippen molar-refractivity contribution < 1.29 is 22.8 Å². The van der Waals surface area contributed by atoms with Gasteiger partial charge >= 0.3 is 0 Å². The van der Waals surface area contributed by atoms with Crippen LogP contribution in [0.1, 0.15) is 40.5 Å². The van der Waals surface area contributed by atoms with E-state index < -0.39 is 23.4 Å². The van der Waals surface area contributed by atoms with Crippen LogP contribution in [0.4, 0.5) is 18.9 Å². The van der Waals surface area contributed by atoms with Gasteiger partial charge in [0.2, 0.25) is 5.91 Å². The van der Waals surface area contributed by atoms with Crippen molar-refractivity contribution in [2.75, 3.05) is 18.4 Å². The van der Waals surface area contributed by atoms with Crippen LogP contribution < -0.4 is 5.32 Å². The van der Waals surface area contributed by atoms with Gasteiger partial charge in [-0.3, -0.25) is 14.7 Å². The van der Waals surface area contributed by atoms with E-state index in [2.05, 4.69) is 15.5 Å². The molecule has 1 fully saturated rings. The molecular formula is C23H21F3N4O2. The Balaban J connectivity index is 1.32. The van der Waals surface area contributed by atoms with E-state index in [1.807, 2.05) is 0 Å². The van der Waals surface area contributed by atoms with E-state index in [9.17, 15) is 22.8 Å². The quantitative estimate of drug-likeness (QED) is 0.626. The van der Waals surface area contributed by atoms with E-state index >= 15 is 0 Å². The van der Waals surface area contributed by atoms with Gasteiger partial charge < -0.3 is 10.2 Å². The summed E-state index contributed by atoms with van der Waals surface area (Å²) in [5.74, 6) is -2.61. The third-order valence-corrected chi connectivity index (χ3v) is 5.60. The number of benzene rings is 2. The van der Waals surface area contributed by atoms with E-state index in [0.29, 0.717) is 25.9 Å². The minimum Gasteiger partial charge on any atom is -0.342 e. The summed E-state index contributed by atoms with van der Waals surface area (Å²) in [4.78, 5) is 26.5. The van der Waals surface area contributed by atoms with E-state index in [-0.39, 0.29) is 35.2 Å². The fourth-order valence-electron chi connectivity index (χ4n) is 3.79. The van der Waals surface area contributed by atoms with Gasteiger partial charge in [-0.05, 0) is 42.7 Å². The maximum absolute atomic E-state index is 13.8. The Kier molecular flexibility index (Phi) is 6.25. The van der Waals surface area contributed by atoms with Gasteiger partial charge in [0.1, 0.15) is 17.5 Å². The van der Waals surface area contributed by atoms with Gasteiger partial charge in [0.25, 0.3) is 5.91 Å². The molecule has 1 aliphatic rings. The van der Waals surface area contributed by atoms with Gasteiger partial charge in [-0.25, -0.2) is 13.2 Å². The summed E-state index contributed by atoms with van der Waals surface area (Å²) in [6.07, 6.45) is 1.17. The number of hydrogen-bond acceptors (Lipinski definition) is 3. The van der Waals surface area contributed by atoms with E-state index in [1.54, 1.807) is 17.0 Å². The van der Waals surface area contributed by atoms with Crippen LogP contribution in [0, 0.1) is 17.5 Å². The molecule has 166 valence electrons. The minimum absolute atomic E-state index is 0.0733. The molecule has 32 heavy (non-hydrogen) atoms. The van der Waals surface area contributed by atoms with Crippen LogP contribution in [-0.4, -0.2) is 40.0 Å². The number of nitrogens with one attached hydrogen (secondary N) is 2. The number of para-hydroxylation sites is 1. The molecule has 0 atom stereocenters. The van der Waals surface area contributed by atoms with Gasteiger partial charge in [-0.1, -0.05) is 18.2 Å². The van der Waals surface area contributed by atoms with Crippen molar-refractivity contribution in [3.05, 3.63) is 82.9 Å². The lowest BCUT2D eigenvalue weighted by Crippen LogP contribution is -2.39. The first-order valence-electron chi connectivity index (χ1n) is 10.2. The van der Waals surface area contributed by atoms with E-state index in [1.165, 1.54) is 24.3 Å². The Hall–Kier alpha value is -3.62. The summed E-state index contributed by atoms with van der Waals surface area (Å²) in [5.41, 5.74) is 1.15. The summed E-state index contributed by atoms with van der Waals surface area (Å²) in [7, 11) is 0. The Morgan fingerprint density at radius 2 is 1.78 bits per heavy atom. The Morgan fingerprint density at radius 3 is 2.50 bits per heavy atom. The average molecular weight is 442 g/mol. The van der Waals surface area contributed by atoms with Crippen LogP contribution in [0.15, 0.2) is 48.5 Å². The monoisotopic (exact) mass is 442 g/mol. The summed E-state index contributed by atoms with van der Waals surface area (Å²) in [5, 5.41) is 9.38. The second-order valence-electron chi connectivity index (χ2n) is 7.71. The van der Waals surface area contributed by atoms with Crippen molar-refractivity contribution in [1.29, 1.82) is 0 Å². The highest BCUT2D eigenvalue weighted by Crippen LogP contribution is 2.28. The van der Waals surface area contributed by atoms with Gasteiger partial charge in [-0.2, -0.15) is 5.10 Å². The normalized spacial score (nSPS) is 14.4. The molecule has 4 rings (SSSR count). The number of carbonyl (C=O) groups is 2. The van der Waals surface area contributed by atoms with Crippen LogP contribution in [0.2, 0.25) is 0 Å². The molecule has 0 aliphatic carbocycles. The third-order valence-electron chi connectivity index (χ3n) is 5.60. The maximum atomic E-state index is 13.8. The topological polar surface area (TPSA) is 78.1 Å². The lowest BCUT2D eigenvalue weighted by molar-refractivity contribution is -0.131. The van der Waals surface area contributed by atoms with Crippen LogP contribution in [-0.2, 0) is 11.2 Å². The fraction of sp³-hybridized carbons (Fsp3) is 0.261. The minimum atomic E-state index is -0.730. The van der Waals surface area contributed by atoms with Crippen molar-refractivity contribution in [2.45, 2.75) is 25.2 Å². The van der Waals surface area contributed by atoms with E-state index in [4.69, 9.17) is 0 Å². The number of piperidine rings is 1. The number of anilines is 1. The first-order chi connectivity index (χ1) is 15.4. The molecule has 6 nitrogen and oxygen atoms in total. The zero-order chi connectivity index (χ0) is 22.7. The molecule has 0 bridgehead atoms. The second-order valence-corrected chi connectivity index (χ2v) is 7.71. The molecule has 9 heteroatoms. The number of carbonyl (C=O) groups excluding carboxylic acids is 2. The molecule has 0 radical (unpaired) electrons. The van der Waals surface area contributed by atoms with Gasteiger partial charge in [0.05, 0.1) is 12.1 Å². The predicted octanol–water partition coefficient (Wildman–Crippen LogP) is 4.03. The number of amides is 2. The largest absolute Gasteiger partial charge is 0.342 e. The number of likely N-dealkylation sites (tertiary alicyclic amines) is 1. The van der Waals surface area contributed by atoms with Crippen molar-refractivity contribution in [3.63, 3.8) is 0 Å². The van der Waals surface area contributed by atoms with Crippen LogP contribution in [0.25, 0.3) is 0 Å². The number of nitrogens with zero attached hydrogens (tertiary/aromatic N) is 2. The molecule has 2 N–H and O–H groups in total. The number of aromatic nitrogens is 2. The summed E-state index contributed by atoms with van der Waals surface area (Å²) in [6, 6.07) is 10.7. The SMILES string of the molecule is O=C(Nc1ccccc1F)c1cc(C2CCN(C(=O)Cc3ccc(F)cc3F)CC2)[nH]n1. The predicted molar refractivity (Wildman–Crippen MR) is 112 cm³/mol. The fourth-order valence-corrected chi connectivity index (χ4v) is 3.79. The molecule has 2 amide bonds. The zero-order valence-corrected chi connectivity index (χ0v) is 17.1. The molecular weight excluding hydrogens is 421 g/mol. The lowest BCUT2D eigenvalue weighted by atomic mass is 9.93. The molecule has 1 saturated heterocycles. The molecule has 0 spiro atoms. The summed E-state index contributed by atoms with van der Waals surface area (Å²) >= 11 is 0. The molecule has 1 aromatic heterocycles. The summed E-state index contributed by atoms with van der Waals surface area (Å²) in [6.45, 7) is 0.949. The number of aromatic amines is 1. The highest BCUT2D eigenvalue weighted by molar-refractivity contribution is 6.03. The number of hydrogen-bond donors (Lipinski definition) is 2. The van der Waals surface area contributed by atoms with Gasteiger partial charge in [-0.15, -0.1) is 0 Å². The Bertz CT molecular complexity index is 1140. The highest BCUT2D eigenvalue weighted by Gasteiger charge is 2.26. The summed E-state index contributed by atoms with van der Waals surface area (Å²) < 4.78 is 40.6. The van der Waals surface area contributed by atoms with Crippen molar-refractivity contribution >= 4 is 17.5 Å². The number of halogens is 3. The second kappa shape index (κ2) is 9.25.